The van der Waals surface area contributed by atoms with E-state index in [0.29, 0.717) is 6.54 Å². The molecule has 0 aliphatic carbocycles. The van der Waals surface area contributed by atoms with Crippen LogP contribution in [0.15, 0.2) is 58.1 Å². The Morgan fingerprint density at radius 3 is 2.60 bits per heavy atom. The van der Waals surface area contributed by atoms with Crippen molar-refractivity contribution in [3.05, 3.63) is 60.1 Å². The van der Waals surface area contributed by atoms with Crippen LogP contribution in [-0.2, 0) is 11.2 Å². The Labute approximate surface area is 150 Å². The average Bonchev–Trinajstić information content (AvgIpc) is 3.13. The minimum Gasteiger partial charge on any atom is -0.469 e. The summed E-state index contributed by atoms with van der Waals surface area (Å²) < 4.78 is 10.8. The van der Waals surface area contributed by atoms with Gasteiger partial charge >= 0.3 is 0 Å². The van der Waals surface area contributed by atoms with Crippen LogP contribution < -0.4 is 10.6 Å². The van der Waals surface area contributed by atoms with Crippen LogP contribution in [0.5, 0.6) is 0 Å². The summed E-state index contributed by atoms with van der Waals surface area (Å²) in [5, 5.41) is 6.84. The van der Waals surface area contributed by atoms with Crippen LogP contribution in [0.3, 0.4) is 0 Å². The summed E-state index contributed by atoms with van der Waals surface area (Å²) in [7, 11) is 1.71. The smallest absolute Gasteiger partial charge is 0.191 e. The third-order valence-electron chi connectivity index (χ3n) is 4.07. The van der Waals surface area contributed by atoms with Gasteiger partial charge in [-0.15, -0.1) is 0 Å². The summed E-state index contributed by atoms with van der Waals surface area (Å²) in [6.07, 6.45) is 2.50. The van der Waals surface area contributed by atoms with Gasteiger partial charge in [-0.3, -0.25) is 4.99 Å². The van der Waals surface area contributed by atoms with E-state index in [9.17, 15) is 0 Å². The number of hydrogen-bond acceptors (Lipinski definition) is 3. The molecule has 0 aliphatic rings. The molecule has 136 valence electrons. The number of aliphatic imine (C=N–C) groups is 1. The highest BCUT2D eigenvalue weighted by atomic mass is 16.5. The number of rotatable bonds is 8. The highest BCUT2D eigenvalue weighted by Crippen LogP contribution is 2.12. The van der Waals surface area contributed by atoms with E-state index in [1.165, 1.54) is 5.56 Å². The van der Waals surface area contributed by atoms with Crippen molar-refractivity contribution in [1.82, 2.24) is 10.6 Å². The zero-order chi connectivity index (χ0) is 18.1. The zero-order valence-corrected chi connectivity index (χ0v) is 15.6. The van der Waals surface area contributed by atoms with Crippen LogP contribution >= 0.6 is 0 Å². The number of guanidine groups is 1. The van der Waals surface area contributed by atoms with Gasteiger partial charge in [0.05, 0.1) is 24.5 Å². The lowest BCUT2D eigenvalue weighted by Gasteiger charge is -2.23. The molecule has 25 heavy (non-hydrogen) atoms. The van der Waals surface area contributed by atoms with Gasteiger partial charge in [-0.2, -0.15) is 0 Å². The van der Waals surface area contributed by atoms with Gasteiger partial charge in [-0.25, -0.2) is 0 Å². The number of ether oxygens (including phenoxy) is 1. The summed E-state index contributed by atoms with van der Waals surface area (Å²) in [6, 6.07) is 14.4. The molecule has 2 aromatic rings. The Balaban J connectivity index is 1.98. The lowest BCUT2D eigenvalue weighted by molar-refractivity contribution is 0.0310. The van der Waals surface area contributed by atoms with Crippen LogP contribution in [-0.4, -0.2) is 31.8 Å². The largest absolute Gasteiger partial charge is 0.469 e. The van der Waals surface area contributed by atoms with Crippen LogP contribution in [0.2, 0.25) is 0 Å². The van der Waals surface area contributed by atoms with Crippen molar-refractivity contribution in [2.24, 2.45) is 4.99 Å². The van der Waals surface area contributed by atoms with Crippen molar-refractivity contribution in [3.63, 3.8) is 0 Å². The molecule has 2 rings (SSSR count). The molecule has 1 atom stereocenters. The minimum absolute atomic E-state index is 0.154. The first-order chi connectivity index (χ1) is 12.0. The monoisotopic (exact) mass is 343 g/mol. The Kier molecular flexibility index (Phi) is 7.07. The third kappa shape index (κ3) is 6.63. The molecule has 0 radical (unpaired) electrons. The van der Waals surface area contributed by atoms with E-state index in [2.05, 4.69) is 34.7 Å². The van der Waals surface area contributed by atoms with Gasteiger partial charge in [-0.05, 0) is 38.5 Å². The van der Waals surface area contributed by atoms with Crippen molar-refractivity contribution in [2.45, 2.75) is 38.8 Å². The number of methoxy groups -OCH3 is 1. The van der Waals surface area contributed by atoms with Crippen molar-refractivity contribution in [3.8, 4) is 0 Å². The Morgan fingerprint density at radius 2 is 1.96 bits per heavy atom. The molecule has 2 N–H and O–H groups in total. The van der Waals surface area contributed by atoms with Gasteiger partial charge in [0.1, 0.15) is 5.76 Å². The van der Waals surface area contributed by atoms with Crippen LogP contribution in [0.1, 0.15) is 38.1 Å². The molecule has 0 bridgehead atoms. The SMILES string of the molecule is COC(C)(C)CN=C(NCCc1ccco1)NC(C)c1ccccc1. The van der Waals surface area contributed by atoms with Crippen molar-refractivity contribution < 1.29 is 9.15 Å². The van der Waals surface area contributed by atoms with Crippen molar-refractivity contribution in [2.75, 3.05) is 20.2 Å². The maximum atomic E-state index is 5.46. The van der Waals surface area contributed by atoms with Crippen LogP contribution in [0.25, 0.3) is 0 Å². The quantitative estimate of drug-likeness (QED) is 0.568. The first-order valence-electron chi connectivity index (χ1n) is 8.67. The van der Waals surface area contributed by atoms with Gasteiger partial charge in [0.25, 0.3) is 0 Å². The third-order valence-corrected chi connectivity index (χ3v) is 4.07. The summed E-state index contributed by atoms with van der Waals surface area (Å²) in [5.74, 6) is 1.73. The highest BCUT2D eigenvalue weighted by molar-refractivity contribution is 5.80. The zero-order valence-electron chi connectivity index (χ0n) is 15.6. The summed E-state index contributed by atoms with van der Waals surface area (Å²) >= 11 is 0. The van der Waals surface area contributed by atoms with Crippen LogP contribution in [0, 0.1) is 0 Å². The summed E-state index contributed by atoms with van der Waals surface area (Å²) in [4.78, 5) is 4.69. The molecule has 0 saturated carbocycles. The fourth-order valence-electron chi connectivity index (χ4n) is 2.28. The summed E-state index contributed by atoms with van der Waals surface area (Å²) in [6.45, 7) is 7.49. The number of benzene rings is 1. The lowest BCUT2D eigenvalue weighted by atomic mass is 10.1. The standard InChI is InChI=1S/C20H29N3O2/c1-16(17-9-6-5-7-10-17)23-19(22-15-20(2,3)24-4)21-13-12-18-11-8-14-25-18/h5-11,14,16H,12-13,15H2,1-4H3,(H2,21,22,23). The number of hydrogen-bond donors (Lipinski definition) is 2. The number of nitrogens with zero attached hydrogens (tertiary/aromatic N) is 1. The Morgan fingerprint density at radius 1 is 1.20 bits per heavy atom. The van der Waals surface area contributed by atoms with Gasteiger partial charge in [0, 0.05) is 20.1 Å². The molecule has 0 saturated heterocycles. The normalized spacial score (nSPS) is 13.5. The fourth-order valence-corrected chi connectivity index (χ4v) is 2.28. The van der Waals surface area contributed by atoms with E-state index in [1.54, 1.807) is 13.4 Å². The molecule has 0 aliphatic heterocycles. The number of nitrogens with one attached hydrogen (secondary N) is 2. The molecule has 5 nitrogen and oxygen atoms in total. The molecule has 0 amide bonds. The molecule has 0 spiro atoms. The second-order valence-electron chi connectivity index (χ2n) is 6.66. The van der Waals surface area contributed by atoms with Crippen LogP contribution in [0.4, 0.5) is 0 Å². The van der Waals surface area contributed by atoms with E-state index in [4.69, 9.17) is 9.15 Å². The molecule has 5 heteroatoms. The van der Waals surface area contributed by atoms with Crippen molar-refractivity contribution in [1.29, 1.82) is 0 Å². The molecular formula is C20H29N3O2. The van der Waals surface area contributed by atoms with E-state index in [1.807, 2.05) is 44.2 Å². The highest BCUT2D eigenvalue weighted by Gasteiger charge is 2.16. The molecule has 1 unspecified atom stereocenters. The van der Waals surface area contributed by atoms with E-state index < -0.39 is 0 Å². The first kappa shape index (κ1) is 19.1. The van der Waals surface area contributed by atoms with Gasteiger partial charge in [0.2, 0.25) is 0 Å². The predicted octanol–water partition coefficient (Wildman–Crippen LogP) is 3.54. The molecular weight excluding hydrogens is 314 g/mol. The topological polar surface area (TPSA) is 58.8 Å². The fraction of sp³-hybridized carbons (Fsp3) is 0.450. The molecule has 1 aromatic carbocycles. The second-order valence-corrected chi connectivity index (χ2v) is 6.66. The van der Waals surface area contributed by atoms with Crippen molar-refractivity contribution >= 4 is 5.96 Å². The number of furan rings is 1. The molecule has 1 heterocycles. The average molecular weight is 343 g/mol. The predicted molar refractivity (Wildman–Crippen MR) is 102 cm³/mol. The van der Waals surface area contributed by atoms with Gasteiger partial charge in [-0.1, -0.05) is 30.3 Å². The molecule has 1 aromatic heterocycles. The van der Waals surface area contributed by atoms with E-state index in [0.717, 1.165) is 24.7 Å². The maximum absolute atomic E-state index is 5.46. The Bertz CT molecular complexity index is 636. The Hall–Kier alpha value is -2.27. The minimum atomic E-state index is -0.300. The van der Waals surface area contributed by atoms with E-state index >= 15 is 0 Å². The first-order valence-corrected chi connectivity index (χ1v) is 8.67. The van der Waals surface area contributed by atoms with Gasteiger partial charge < -0.3 is 19.8 Å². The molecule has 0 fully saturated rings. The lowest BCUT2D eigenvalue weighted by Crippen LogP contribution is -2.41. The second kappa shape index (κ2) is 9.28. The van der Waals surface area contributed by atoms with E-state index in [-0.39, 0.29) is 11.6 Å². The maximum Gasteiger partial charge on any atom is 0.191 e. The van der Waals surface area contributed by atoms with Gasteiger partial charge in [0.15, 0.2) is 5.96 Å². The summed E-state index contributed by atoms with van der Waals surface area (Å²) in [5.41, 5.74) is 0.917.